The van der Waals surface area contributed by atoms with E-state index < -0.39 is 0 Å². The van der Waals surface area contributed by atoms with Gasteiger partial charge in [0, 0.05) is 13.1 Å². The van der Waals surface area contributed by atoms with E-state index in [0.717, 1.165) is 31.6 Å². The molecule has 7 heteroatoms. The van der Waals surface area contributed by atoms with Gasteiger partial charge in [0.25, 0.3) is 0 Å². The zero-order chi connectivity index (χ0) is 16.2. The molecule has 6 nitrogen and oxygen atoms in total. The first-order valence-corrected chi connectivity index (χ1v) is 8.90. The van der Waals surface area contributed by atoms with Crippen molar-refractivity contribution in [2.75, 3.05) is 18.8 Å². The minimum absolute atomic E-state index is 0.171. The van der Waals surface area contributed by atoms with Crippen LogP contribution >= 0.6 is 11.8 Å². The largest absolute Gasteiger partial charge is 0.342 e. The second-order valence-electron chi connectivity index (χ2n) is 5.87. The first-order valence-electron chi connectivity index (χ1n) is 7.92. The minimum Gasteiger partial charge on any atom is -0.342 e. The predicted molar refractivity (Wildman–Crippen MR) is 89.8 cm³/mol. The van der Waals surface area contributed by atoms with Gasteiger partial charge in [-0.2, -0.15) is 4.68 Å². The lowest BCUT2D eigenvalue weighted by atomic mass is 10.1. The molecule has 0 unspecified atom stereocenters. The van der Waals surface area contributed by atoms with Crippen molar-refractivity contribution in [1.82, 2.24) is 25.1 Å². The summed E-state index contributed by atoms with van der Waals surface area (Å²) < 4.78 is 1.70. The van der Waals surface area contributed by atoms with Crippen molar-refractivity contribution >= 4 is 17.7 Å². The Kier molecular flexibility index (Phi) is 4.95. The van der Waals surface area contributed by atoms with Crippen molar-refractivity contribution in [2.45, 2.75) is 38.3 Å². The Bertz CT molecular complexity index is 694. The lowest BCUT2D eigenvalue weighted by molar-refractivity contribution is -0.129. The first kappa shape index (κ1) is 16.0. The Hall–Kier alpha value is -1.89. The fraction of sp³-hybridized carbons (Fsp3) is 0.500. The van der Waals surface area contributed by atoms with Crippen LogP contribution in [0.5, 0.6) is 0 Å². The SMILES string of the molecule is Cc1ccc(-n2nnnc2SCC(=O)N2CCCCC2)cc1C. The van der Waals surface area contributed by atoms with Crippen LogP contribution in [-0.4, -0.2) is 49.9 Å². The monoisotopic (exact) mass is 331 g/mol. The summed E-state index contributed by atoms with van der Waals surface area (Å²) >= 11 is 1.40. The van der Waals surface area contributed by atoms with Crippen molar-refractivity contribution in [3.63, 3.8) is 0 Å². The number of hydrogen-bond donors (Lipinski definition) is 0. The van der Waals surface area contributed by atoms with Crippen LogP contribution in [0.2, 0.25) is 0 Å². The van der Waals surface area contributed by atoms with E-state index in [4.69, 9.17) is 0 Å². The molecular weight excluding hydrogens is 310 g/mol. The summed E-state index contributed by atoms with van der Waals surface area (Å²) in [5.41, 5.74) is 3.35. The number of carbonyl (C=O) groups is 1. The van der Waals surface area contributed by atoms with Gasteiger partial charge >= 0.3 is 0 Å². The molecule has 1 aliphatic heterocycles. The van der Waals surface area contributed by atoms with Crippen molar-refractivity contribution in [3.05, 3.63) is 29.3 Å². The van der Waals surface area contributed by atoms with E-state index in [2.05, 4.69) is 41.5 Å². The summed E-state index contributed by atoms with van der Waals surface area (Å²) in [6.07, 6.45) is 3.44. The summed E-state index contributed by atoms with van der Waals surface area (Å²) in [4.78, 5) is 14.2. The van der Waals surface area contributed by atoms with Crippen LogP contribution in [0.15, 0.2) is 23.4 Å². The van der Waals surface area contributed by atoms with E-state index >= 15 is 0 Å². The molecule has 1 amide bonds. The van der Waals surface area contributed by atoms with Gasteiger partial charge in [0.05, 0.1) is 11.4 Å². The molecule has 1 aromatic carbocycles. The van der Waals surface area contributed by atoms with Crippen molar-refractivity contribution in [1.29, 1.82) is 0 Å². The fourth-order valence-electron chi connectivity index (χ4n) is 2.65. The lowest BCUT2D eigenvalue weighted by Crippen LogP contribution is -2.36. The maximum atomic E-state index is 12.3. The van der Waals surface area contributed by atoms with Gasteiger partial charge in [-0.15, -0.1) is 5.10 Å². The van der Waals surface area contributed by atoms with Gasteiger partial charge in [0.1, 0.15) is 0 Å². The van der Waals surface area contributed by atoms with Gasteiger partial charge in [0.15, 0.2) is 0 Å². The number of piperidine rings is 1. The molecule has 2 aromatic rings. The third-order valence-corrected chi connectivity index (χ3v) is 5.11. The average Bonchev–Trinajstić information content (AvgIpc) is 3.04. The first-order chi connectivity index (χ1) is 11.1. The van der Waals surface area contributed by atoms with E-state index in [1.807, 2.05) is 11.0 Å². The molecule has 3 rings (SSSR count). The van der Waals surface area contributed by atoms with Crippen LogP contribution in [-0.2, 0) is 4.79 Å². The van der Waals surface area contributed by atoms with Crippen molar-refractivity contribution in [2.24, 2.45) is 0 Å². The number of rotatable bonds is 4. The molecule has 1 aliphatic rings. The Labute approximate surface area is 140 Å². The molecule has 2 heterocycles. The van der Waals surface area contributed by atoms with E-state index in [9.17, 15) is 4.79 Å². The fourth-order valence-corrected chi connectivity index (χ4v) is 3.44. The molecule has 0 N–H and O–H groups in total. The van der Waals surface area contributed by atoms with Gasteiger partial charge in [-0.05, 0) is 66.8 Å². The number of hydrogen-bond acceptors (Lipinski definition) is 5. The number of thioether (sulfide) groups is 1. The van der Waals surface area contributed by atoms with Crippen LogP contribution in [0.1, 0.15) is 30.4 Å². The summed E-state index contributed by atoms with van der Waals surface area (Å²) in [6.45, 7) is 5.89. The van der Waals surface area contributed by atoms with Gasteiger partial charge in [-0.1, -0.05) is 17.8 Å². The molecule has 1 aromatic heterocycles. The molecule has 122 valence electrons. The Morgan fingerprint density at radius 1 is 1.17 bits per heavy atom. The standard InChI is InChI=1S/C16H21N5OS/c1-12-6-7-14(10-13(12)2)21-16(17-18-19-21)23-11-15(22)20-8-4-3-5-9-20/h6-7,10H,3-5,8-9,11H2,1-2H3. The zero-order valence-electron chi connectivity index (χ0n) is 13.5. The van der Waals surface area contributed by atoms with E-state index in [0.29, 0.717) is 10.9 Å². The predicted octanol–water partition coefficient (Wildman–Crippen LogP) is 2.38. The third kappa shape index (κ3) is 3.72. The Morgan fingerprint density at radius 2 is 1.96 bits per heavy atom. The highest BCUT2D eigenvalue weighted by atomic mass is 32.2. The average molecular weight is 331 g/mol. The van der Waals surface area contributed by atoms with E-state index in [-0.39, 0.29) is 5.91 Å². The molecule has 0 radical (unpaired) electrons. The molecular formula is C16H21N5OS. The van der Waals surface area contributed by atoms with E-state index in [1.54, 1.807) is 4.68 Å². The number of tetrazole rings is 1. The summed E-state index contributed by atoms with van der Waals surface area (Å²) in [6, 6.07) is 6.11. The smallest absolute Gasteiger partial charge is 0.233 e. The molecule has 0 bridgehead atoms. The molecule has 0 saturated carbocycles. The quantitative estimate of drug-likeness (QED) is 0.805. The highest BCUT2D eigenvalue weighted by Gasteiger charge is 2.18. The minimum atomic E-state index is 0.171. The molecule has 1 fully saturated rings. The number of benzene rings is 1. The second kappa shape index (κ2) is 7.12. The topological polar surface area (TPSA) is 63.9 Å². The van der Waals surface area contributed by atoms with Crippen molar-refractivity contribution in [3.8, 4) is 5.69 Å². The maximum absolute atomic E-state index is 12.3. The number of likely N-dealkylation sites (tertiary alicyclic amines) is 1. The molecule has 1 saturated heterocycles. The Morgan fingerprint density at radius 3 is 2.70 bits per heavy atom. The van der Waals surface area contributed by atoms with Crippen molar-refractivity contribution < 1.29 is 4.79 Å². The molecule has 0 spiro atoms. The van der Waals surface area contributed by atoms with Crippen LogP contribution < -0.4 is 0 Å². The summed E-state index contributed by atoms with van der Waals surface area (Å²) in [5, 5.41) is 12.5. The highest BCUT2D eigenvalue weighted by molar-refractivity contribution is 7.99. The van der Waals surface area contributed by atoms with Gasteiger partial charge in [-0.3, -0.25) is 4.79 Å². The molecule has 23 heavy (non-hydrogen) atoms. The van der Waals surface area contributed by atoms with Gasteiger partial charge in [0.2, 0.25) is 11.1 Å². The number of amides is 1. The second-order valence-corrected chi connectivity index (χ2v) is 6.81. The number of carbonyl (C=O) groups excluding carboxylic acids is 1. The Balaban J connectivity index is 1.68. The molecule has 0 aliphatic carbocycles. The number of aromatic nitrogens is 4. The zero-order valence-corrected chi connectivity index (χ0v) is 14.3. The highest BCUT2D eigenvalue weighted by Crippen LogP contribution is 2.21. The lowest BCUT2D eigenvalue weighted by Gasteiger charge is -2.26. The van der Waals surface area contributed by atoms with Crippen LogP contribution in [0.4, 0.5) is 0 Å². The maximum Gasteiger partial charge on any atom is 0.233 e. The van der Waals surface area contributed by atoms with Crippen LogP contribution in [0.25, 0.3) is 5.69 Å². The number of aryl methyl sites for hydroxylation is 2. The summed E-state index contributed by atoms with van der Waals surface area (Å²) in [7, 11) is 0. The normalized spacial score (nSPS) is 15.0. The van der Waals surface area contributed by atoms with Gasteiger partial charge in [-0.25, -0.2) is 0 Å². The van der Waals surface area contributed by atoms with Gasteiger partial charge < -0.3 is 4.90 Å². The number of nitrogens with zero attached hydrogens (tertiary/aromatic N) is 5. The van der Waals surface area contributed by atoms with E-state index in [1.165, 1.54) is 29.3 Å². The third-order valence-electron chi connectivity index (χ3n) is 4.21. The summed E-state index contributed by atoms with van der Waals surface area (Å²) in [5.74, 6) is 0.551. The van der Waals surface area contributed by atoms with Crippen LogP contribution in [0.3, 0.4) is 0 Å². The van der Waals surface area contributed by atoms with Crippen LogP contribution in [0, 0.1) is 13.8 Å². The molecule has 0 atom stereocenters.